The average molecular weight is 303 g/mol. The van der Waals surface area contributed by atoms with Crippen LogP contribution in [0.4, 0.5) is 0 Å². The summed E-state index contributed by atoms with van der Waals surface area (Å²) in [6, 6.07) is 11.4. The molecule has 0 radical (unpaired) electrons. The molecule has 1 N–H and O–H groups in total. The number of halogens is 1. The molecule has 2 aromatic carbocycles. The van der Waals surface area contributed by atoms with Crippen LogP contribution in [0.15, 0.2) is 36.4 Å². The van der Waals surface area contributed by atoms with Gasteiger partial charge in [-0.3, -0.25) is 0 Å². The van der Waals surface area contributed by atoms with Gasteiger partial charge >= 0.3 is 0 Å². The molecule has 0 unspecified atom stereocenters. The molecule has 5 heteroatoms. The van der Waals surface area contributed by atoms with E-state index < -0.39 is 0 Å². The van der Waals surface area contributed by atoms with Crippen molar-refractivity contribution in [2.24, 2.45) is 0 Å². The highest BCUT2D eigenvalue weighted by atomic mass is 35.5. The smallest absolute Gasteiger partial charge is 0.161 e. The van der Waals surface area contributed by atoms with Crippen LogP contribution >= 0.6 is 11.6 Å². The molecular formula is C16H15ClN2O2. The van der Waals surface area contributed by atoms with Gasteiger partial charge in [0, 0.05) is 5.56 Å². The monoisotopic (exact) mass is 302 g/mol. The Kier molecular flexibility index (Phi) is 3.71. The van der Waals surface area contributed by atoms with E-state index in [9.17, 15) is 0 Å². The number of nitrogens with one attached hydrogen (secondary N) is 1. The van der Waals surface area contributed by atoms with Gasteiger partial charge in [-0.15, -0.1) is 0 Å². The van der Waals surface area contributed by atoms with Gasteiger partial charge < -0.3 is 14.5 Å². The maximum Gasteiger partial charge on any atom is 0.161 e. The van der Waals surface area contributed by atoms with Crippen LogP contribution in [-0.2, 0) is 0 Å². The molecule has 0 aliphatic carbocycles. The predicted octanol–water partition coefficient (Wildman–Crippen LogP) is 4.29. The van der Waals surface area contributed by atoms with E-state index >= 15 is 0 Å². The molecule has 0 saturated carbocycles. The van der Waals surface area contributed by atoms with Crippen LogP contribution in [0.5, 0.6) is 11.5 Å². The van der Waals surface area contributed by atoms with E-state index in [1.54, 1.807) is 7.11 Å². The number of hydrogen-bond acceptors (Lipinski definition) is 3. The standard InChI is InChI=1S/C16H15ClN2O2/c1-3-21-13-8-7-10(9-14(13)20-2)16-18-12-6-4-5-11(17)15(12)19-16/h4-9H,3H2,1-2H3,(H,18,19). The third-order valence-corrected chi connectivity index (χ3v) is 3.51. The molecule has 0 aliphatic heterocycles. The van der Waals surface area contributed by atoms with Crippen molar-refractivity contribution >= 4 is 22.6 Å². The summed E-state index contributed by atoms with van der Waals surface area (Å²) in [4.78, 5) is 7.81. The van der Waals surface area contributed by atoms with Crippen molar-refractivity contribution in [2.45, 2.75) is 6.92 Å². The topological polar surface area (TPSA) is 47.1 Å². The van der Waals surface area contributed by atoms with Crippen LogP contribution in [-0.4, -0.2) is 23.7 Å². The summed E-state index contributed by atoms with van der Waals surface area (Å²) in [5.74, 6) is 2.15. The van der Waals surface area contributed by atoms with E-state index in [0.717, 1.165) is 28.2 Å². The third-order valence-electron chi connectivity index (χ3n) is 3.20. The summed E-state index contributed by atoms with van der Waals surface area (Å²) >= 11 is 6.16. The number of para-hydroxylation sites is 1. The number of H-pyrrole nitrogens is 1. The van der Waals surface area contributed by atoms with Crippen molar-refractivity contribution < 1.29 is 9.47 Å². The number of ether oxygens (including phenoxy) is 2. The fourth-order valence-corrected chi connectivity index (χ4v) is 2.44. The second-order valence-corrected chi connectivity index (χ2v) is 4.93. The molecule has 1 heterocycles. The van der Waals surface area contributed by atoms with Crippen molar-refractivity contribution in [1.82, 2.24) is 9.97 Å². The van der Waals surface area contributed by atoms with Gasteiger partial charge in [0.1, 0.15) is 11.3 Å². The van der Waals surface area contributed by atoms with Gasteiger partial charge in [0.25, 0.3) is 0 Å². The molecule has 0 saturated heterocycles. The zero-order valence-electron chi connectivity index (χ0n) is 11.8. The summed E-state index contributed by atoms with van der Waals surface area (Å²) in [5.41, 5.74) is 2.59. The minimum Gasteiger partial charge on any atom is -0.493 e. The van der Waals surface area contributed by atoms with Crippen LogP contribution < -0.4 is 9.47 Å². The van der Waals surface area contributed by atoms with Crippen LogP contribution in [0.2, 0.25) is 5.02 Å². The Bertz CT molecular complexity index is 783. The Morgan fingerprint density at radius 2 is 2.05 bits per heavy atom. The Hall–Kier alpha value is -2.20. The van der Waals surface area contributed by atoms with Gasteiger partial charge in [0.15, 0.2) is 11.5 Å². The molecule has 0 atom stereocenters. The molecule has 3 rings (SSSR count). The van der Waals surface area contributed by atoms with Gasteiger partial charge in [-0.1, -0.05) is 17.7 Å². The number of fused-ring (bicyclic) bond motifs is 1. The maximum absolute atomic E-state index is 6.16. The second kappa shape index (κ2) is 5.66. The molecular weight excluding hydrogens is 288 g/mol. The van der Waals surface area contributed by atoms with Crippen molar-refractivity contribution in [2.75, 3.05) is 13.7 Å². The average Bonchev–Trinajstić information content (AvgIpc) is 2.93. The van der Waals surface area contributed by atoms with Crippen LogP contribution in [0, 0.1) is 0 Å². The Morgan fingerprint density at radius 1 is 1.19 bits per heavy atom. The van der Waals surface area contributed by atoms with Crippen molar-refractivity contribution in [1.29, 1.82) is 0 Å². The molecule has 108 valence electrons. The lowest BCUT2D eigenvalue weighted by atomic mass is 10.2. The predicted molar refractivity (Wildman–Crippen MR) is 84.3 cm³/mol. The van der Waals surface area contributed by atoms with Crippen molar-refractivity contribution in [3.63, 3.8) is 0 Å². The lowest BCUT2D eigenvalue weighted by Gasteiger charge is -2.09. The summed E-state index contributed by atoms with van der Waals surface area (Å²) in [5, 5.41) is 0.632. The number of nitrogens with zero attached hydrogens (tertiary/aromatic N) is 1. The molecule has 0 spiro atoms. The number of hydrogen-bond donors (Lipinski definition) is 1. The molecule has 1 aromatic heterocycles. The summed E-state index contributed by atoms with van der Waals surface area (Å²) < 4.78 is 10.9. The van der Waals surface area contributed by atoms with Gasteiger partial charge in [0.05, 0.1) is 24.3 Å². The number of imidazole rings is 1. The molecule has 0 amide bonds. The van der Waals surface area contributed by atoms with Gasteiger partial charge in [-0.25, -0.2) is 4.98 Å². The minimum atomic E-state index is 0.593. The highest BCUT2D eigenvalue weighted by Crippen LogP contribution is 2.33. The first-order chi connectivity index (χ1) is 10.2. The van der Waals surface area contributed by atoms with Crippen LogP contribution in [0.25, 0.3) is 22.4 Å². The molecule has 4 nitrogen and oxygen atoms in total. The zero-order chi connectivity index (χ0) is 14.8. The number of rotatable bonds is 4. The number of methoxy groups -OCH3 is 1. The van der Waals surface area contributed by atoms with Crippen LogP contribution in [0.1, 0.15) is 6.92 Å². The summed E-state index contributed by atoms with van der Waals surface area (Å²) in [6.45, 7) is 2.53. The van der Waals surface area contributed by atoms with Crippen LogP contribution in [0.3, 0.4) is 0 Å². The quantitative estimate of drug-likeness (QED) is 0.782. The maximum atomic E-state index is 6.16. The first-order valence-electron chi connectivity index (χ1n) is 6.68. The first kappa shape index (κ1) is 13.8. The molecule has 3 aromatic rings. The Labute approximate surface area is 127 Å². The largest absolute Gasteiger partial charge is 0.493 e. The van der Waals surface area contributed by atoms with E-state index in [0.29, 0.717) is 17.4 Å². The molecule has 0 aliphatic rings. The fraction of sp³-hybridized carbons (Fsp3) is 0.188. The second-order valence-electron chi connectivity index (χ2n) is 4.52. The Morgan fingerprint density at radius 3 is 2.76 bits per heavy atom. The summed E-state index contributed by atoms with van der Waals surface area (Å²) in [7, 11) is 1.62. The van der Waals surface area contributed by atoms with E-state index in [4.69, 9.17) is 21.1 Å². The zero-order valence-corrected chi connectivity index (χ0v) is 12.6. The van der Waals surface area contributed by atoms with Gasteiger partial charge in [-0.2, -0.15) is 0 Å². The minimum absolute atomic E-state index is 0.593. The normalized spacial score (nSPS) is 10.8. The molecule has 0 bridgehead atoms. The van der Waals surface area contributed by atoms with Crippen molar-refractivity contribution in [3.05, 3.63) is 41.4 Å². The number of benzene rings is 2. The molecule has 0 fully saturated rings. The Balaban J connectivity index is 2.07. The fourth-order valence-electron chi connectivity index (χ4n) is 2.22. The highest BCUT2D eigenvalue weighted by molar-refractivity contribution is 6.35. The first-order valence-corrected chi connectivity index (χ1v) is 7.06. The van der Waals surface area contributed by atoms with Crippen molar-refractivity contribution in [3.8, 4) is 22.9 Å². The van der Waals surface area contributed by atoms with E-state index in [2.05, 4.69) is 9.97 Å². The lowest BCUT2D eigenvalue weighted by Crippen LogP contribution is -1.95. The third kappa shape index (κ3) is 2.54. The number of aromatic nitrogens is 2. The summed E-state index contributed by atoms with van der Waals surface area (Å²) in [6.07, 6.45) is 0. The molecule has 21 heavy (non-hydrogen) atoms. The SMILES string of the molecule is CCOc1ccc(-c2nc3c(Cl)cccc3[nH]2)cc1OC. The van der Waals surface area contributed by atoms with E-state index in [-0.39, 0.29) is 0 Å². The van der Waals surface area contributed by atoms with E-state index in [1.165, 1.54) is 0 Å². The number of aromatic amines is 1. The van der Waals surface area contributed by atoms with Gasteiger partial charge in [0.2, 0.25) is 0 Å². The van der Waals surface area contributed by atoms with Gasteiger partial charge in [-0.05, 0) is 37.3 Å². The lowest BCUT2D eigenvalue weighted by molar-refractivity contribution is 0.311. The van der Waals surface area contributed by atoms with E-state index in [1.807, 2.05) is 43.3 Å². The highest BCUT2D eigenvalue weighted by Gasteiger charge is 2.11.